The van der Waals surface area contributed by atoms with Gasteiger partial charge < -0.3 is 0 Å². The molecule has 1 heteroatoms. The second-order valence-corrected chi connectivity index (χ2v) is 9.39. The second-order valence-electron chi connectivity index (χ2n) is 9.39. The first-order valence-corrected chi connectivity index (χ1v) is 9.79. The van der Waals surface area contributed by atoms with Gasteiger partial charge in [0.1, 0.15) is 0 Å². The minimum absolute atomic E-state index is 0.163. The maximum absolute atomic E-state index is 12.6. The normalized spacial score (nSPS) is 51.0. The molecule has 0 N–H and O–H groups in total. The van der Waals surface area contributed by atoms with Crippen molar-refractivity contribution in [2.75, 3.05) is 0 Å². The molecule has 0 aliphatic heterocycles. The van der Waals surface area contributed by atoms with Crippen LogP contribution in [0.1, 0.15) is 72.6 Å². The Bertz CT molecular complexity index is 597. The zero-order chi connectivity index (χ0) is 16.4. The van der Waals surface area contributed by atoms with Gasteiger partial charge in [-0.2, -0.15) is 0 Å². The van der Waals surface area contributed by atoms with Crippen molar-refractivity contribution in [1.82, 2.24) is 0 Å². The number of hydrogen-bond donors (Lipinski definition) is 0. The Hall–Kier alpha value is -0.850. The van der Waals surface area contributed by atoms with Crippen molar-refractivity contribution >= 4 is 5.78 Å². The highest BCUT2D eigenvalue weighted by molar-refractivity contribution is 5.99. The summed E-state index contributed by atoms with van der Waals surface area (Å²) in [5.74, 6) is 3.45. The van der Waals surface area contributed by atoms with Crippen molar-refractivity contribution in [3.8, 4) is 0 Å². The average molecular weight is 312 g/mol. The lowest BCUT2D eigenvalue weighted by atomic mass is 9.47. The summed E-state index contributed by atoms with van der Waals surface area (Å²) in [6.45, 7) is 9.42. The molecule has 0 spiro atoms. The highest BCUT2D eigenvalue weighted by Crippen LogP contribution is 2.65. The molecule has 0 unspecified atom stereocenters. The maximum atomic E-state index is 12.6. The SMILES string of the molecule is C/C=C1/C(=O)C[C@H]2[C@@H]3CC=C4C[C@@H](C)CC[C@]4(C)[C@H]3CC[C@]12C. The lowest BCUT2D eigenvalue weighted by Crippen LogP contribution is -2.49. The lowest BCUT2D eigenvalue weighted by Gasteiger charge is -2.57. The zero-order valence-corrected chi connectivity index (χ0v) is 15.3. The lowest BCUT2D eigenvalue weighted by molar-refractivity contribution is -0.115. The monoisotopic (exact) mass is 312 g/mol. The van der Waals surface area contributed by atoms with Crippen LogP contribution in [0.25, 0.3) is 0 Å². The Balaban J connectivity index is 1.71. The van der Waals surface area contributed by atoms with E-state index in [0.29, 0.717) is 17.1 Å². The third-order valence-corrected chi connectivity index (χ3v) is 8.35. The van der Waals surface area contributed by atoms with Gasteiger partial charge in [-0.1, -0.05) is 38.5 Å². The molecule has 0 bridgehead atoms. The highest BCUT2D eigenvalue weighted by Gasteiger charge is 2.58. The summed E-state index contributed by atoms with van der Waals surface area (Å²) in [5, 5.41) is 0. The summed E-state index contributed by atoms with van der Waals surface area (Å²) in [4.78, 5) is 12.6. The second kappa shape index (κ2) is 5.07. The zero-order valence-electron chi connectivity index (χ0n) is 15.3. The quantitative estimate of drug-likeness (QED) is 0.413. The molecule has 3 saturated carbocycles. The molecule has 0 aromatic heterocycles. The van der Waals surface area contributed by atoms with Crippen molar-refractivity contribution < 1.29 is 4.79 Å². The van der Waals surface area contributed by atoms with E-state index in [1.165, 1.54) is 38.5 Å². The van der Waals surface area contributed by atoms with Gasteiger partial charge in [0.2, 0.25) is 0 Å². The number of carbonyl (C=O) groups is 1. The first kappa shape index (κ1) is 15.7. The minimum atomic E-state index is 0.163. The van der Waals surface area contributed by atoms with Crippen LogP contribution in [0.2, 0.25) is 0 Å². The van der Waals surface area contributed by atoms with E-state index in [2.05, 4.69) is 39.8 Å². The topological polar surface area (TPSA) is 17.1 Å². The molecule has 0 aromatic carbocycles. The first-order valence-electron chi connectivity index (χ1n) is 9.79. The number of rotatable bonds is 0. The van der Waals surface area contributed by atoms with Gasteiger partial charge in [0, 0.05) is 6.42 Å². The van der Waals surface area contributed by atoms with Gasteiger partial charge in [0.05, 0.1) is 0 Å². The number of fused-ring (bicyclic) bond motifs is 5. The molecule has 4 aliphatic rings. The fourth-order valence-electron chi connectivity index (χ4n) is 6.99. The third kappa shape index (κ3) is 2.01. The van der Waals surface area contributed by atoms with Gasteiger partial charge in [-0.25, -0.2) is 0 Å². The van der Waals surface area contributed by atoms with Crippen LogP contribution in [0.15, 0.2) is 23.3 Å². The smallest absolute Gasteiger partial charge is 0.159 e. The van der Waals surface area contributed by atoms with E-state index in [-0.39, 0.29) is 5.41 Å². The van der Waals surface area contributed by atoms with Crippen LogP contribution >= 0.6 is 0 Å². The van der Waals surface area contributed by atoms with Crippen LogP contribution in [0.5, 0.6) is 0 Å². The van der Waals surface area contributed by atoms with Crippen molar-refractivity contribution in [1.29, 1.82) is 0 Å². The molecule has 4 aliphatic carbocycles. The Morgan fingerprint density at radius 2 is 1.83 bits per heavy atom. The van der Waals surface area contributed by atoms with Gasteiger partial charge in [-0.3, -0.25) is 4.79 Å². The summed E-state index contributed by atoms with van der Waals surface area (Å²) in [6, 6.07) is 0. The Morgan fingerprint density at radius 1 is 1.09 bits per heavy atom. The van der Waals surface area contributed by atoms with Crippen molar-refractivity contribution in [2.45, 2.75) is 72.6 Å². The predicted molar refractivity (Wildman–Crippen MR) is 95.0 cm³/mol. The molecule has 0 radical (unpaired) electrons. The standard InChI is InChI=1S/C22H32O/c1-5-17-20(23)13-19-16-7-6-15-12-14(2)8-10-21(15,3)18(16)9-11-22(17,19)4/h5-6,14,16,18-19H,7-13H2,1-4H3/b17-5-/t14-,16+,18-,19-,21-,22+/m0/s1. The van der Waals surface area contributed by atoms with Gasteiger partial charge in [0.15, 0.2) is 5.78 Å². The summed E-state index contributed by atoms with van der Waals surface area (Å²) < 4.78 is 0. The maximum Gasteiger partial charge on any atom is 0.159 e. The van der Waals surface area contributed by atoms with Crippen LogP contribution < -0.4 is 0 Å². The van der Waals surface area contributed by atoms with E-state index in [1.54, 1.807) is 5.57 Å². The van der Waals surface area contributed by atoms with Crippen LogP contribution in [0, 0.1) is 34.5 Å². The molecule has 126 valence electrons. The number of hydrogen-bond acceptors (Lipinski definition) is 1. The Labute approximate surface area is 141 Å². The predicted octanol–water partition coefficient (Wildman–Crippen LogP) is 5.71. The number of allylic oxidation sites excluding steroid dienone is 4. The molecule has 4 rings (SSSR count). The van der Waals surface area contributed by atoms with Gasteiger partial charge >= 0.3 is 0 Å². The summed E-state index contributed by atoms with van der Waals surface area (Å²) >= 11 is 0. The molecule has 0 heterocycles. The number of ketones is 1. The molecule has 3 fully saturated rings. The average Bonchev–Trinajstić information content (AvgIpc) is 2.77. The largest absolute Gasteiger partial charge is 0.295 e. The van der Waals surface area contributed by atoms with Gasteiger partial charge in [-0.15, -0.1) is 0 Å². The molecule has 6 atom stereocenters. The molecule has 0 saturated heterocycles. The highest BCUT2D eigenvalue weighted by atomic mass is 16.1. The van der Waals surface area contributed by atoms with Gasteiger partial charge in [-0.05, 0) is 85.5 Å². The van der Waals surface area contributed by atoms with Crippen LogP contribution in [-0.2, 0) is 4.79 Å². The third-order valence-electron chi connectivity index (χ3n) is 8.35. The molecule has 23 heavy (non-hydrogen) atoms. The first-order chi connectivity index (χ1) is 10.9. The van der Waals surface area contributed by atoms with Crippen LogP contribution in [0.3, 0.4) is 0 Å². The van der Waals surface area contributed by atoms with Gasteiger partial charge in [0.25, 0.3) is 0 Å². The Morgan fingerprint density at radius 3 is 2.57 bits per heavy atom. The van der Waals surface area contributed by atoms with E-state index in [0.717, 1.165) is 29.7 Å². The fourth-order valence-corrected chi connectivity index (χ4v) is 6.99. The summed E-state index contributed by atoms with van der Waals surface area (Å²) in [5.41, 5.74) is 3.50. The number of carbonyl (C=O) groups excluding carboxylic acids is 1. The van der Waals surface area contributed by atoms with Crippen molar-refractivity contribution in [3.63, 3.8) is 0 Å². The van der Waals surface area contributed by atoms with Crippen LogP contribution in [0.4, 0.5) is 0 Å². The minimum Gasteiger partial charge on any atom is -0.295 e. The molecular weight excluding hydrogens is 280 g/mol. The molecule has 0 aromatic rings. The van der Waals surface area contributed by atoms with E-state index in [9.17, 15) is 4.79 Å². The molecule has 1 nitrogen and oxygen atoms in total. The molecule has 0 amide bonds. The van der Waals surface area contributed by atoms with Crippen molar-refractivity contribution in [2.24, 2.45) is 34.5 Å². The van der Waals surface area contributed by atoms with E-state index < -0.39 is 0 Å². The van der Waals surface area contributed by atoms with E-state index >= 15 is 0 Å². The van der Waals surface area contributed by atoms with E-state index in [4.69, 9.17) is 0 Å². The van der Waals surface area contributed by atoms with Crippen LogP contribution in [-0.4, -0.2) is 5.78 Å². The summed E-state index contributed by atoms with van der Waals surface area (Å²) in [6.07, 6.45) is 13.4. The van der Waals surface area contributed by atoms with E-state index in [1.807, 2.05) is 0 Å². The summed E-state index contributed by atoms with van der Waals surface area (Å²) in [7, 11) is 0. The Kier molecular flexibility index (Phi) is 3.45. The fraction of sp³-hybridized carbons (Fsp3) is 0.773. The van der Waals surface area contributed by atoms with Crippen molar-refractivity contribution in [3.05, 3.63) is 23.3 Å². The number of Topliss-reactive ketones (excluding diaryl/α,β-unsaturated/α-hetero) is 1. The molecular formula is C22H32O.